The summed E-state index contributed by atoms with van der Waals surface area (Å²) in [5.74, 6) is 0.703. The Hall–Kier alpha value is -1.84. The molecule has 1 saturated carbocycles. The van der Waals surface area contributed by atoms with Gasteiger partial charge in [-0.15, -0.1) is 0 Å². The maximum Gasteiger partial charge on any atom is 0.251 e. The van der Waals surface area contributed by atoms with Gasteiger partial charge in [-0.3, -0.25) is 9.59 Å². The SMILES string of the molecule is CCCOc1ccc(C(=O)NC2CCCC2=O)cc1. The molecular formula is C15H19NO3. The van der Waals surface area contributed by atoms with Crippen molar-refractivity contribution in [1.82, 2.24) is 5.32 Å². The minimum absolute atomic E-state index is 0.135. The summed E-state index contributed by atoms with van der Waals surface area (Å²) < 4.78 is 5.45. The Bertz CT molecular complexity index is 453. The fraction of sp³-hybridized carbons (Fsp3) is 0.467. The number of rotatable bonds is 5. The summed E-state index contributed by atoms with van der Waals surface area (Å²) in [5.41, 5.74) is 0.559. The van der Waals surface area contributed by atoms with Crippen LogP contribution in [0.2, 0.25) is 0 Å². The first-order chi connectivity index (χ1) is 9.20. The Labute approximate surface area is 113 Å². The molecule has 1 fully saturated rings. The van der Waals surface area contributed by atoms with E-state index in [1.807, 2.05) is 6.92 Å². The van der Waals surface area contributed by atoms with Crippen LogP contribution >= 0.6 is 0 Å². The normalized spacial score (nSPS) is 18.4. The first-order valence-electron chi connectivity index (χ1n) is 6.77. The van der Waals surface area contributed by atoms with Crippen LogP contribution in [-0.2, 0) is 4.79 Å². The highest BCUT2D eigenvalue weighted by atomic mass is 16.5. The number of carbonyl (C=O) groups is 2. The summed E-state index contributed by atoms with van der Waals surface area (Å²) in [6.45, 7) is 2.71. The van der Waals surface area contributed by atoms with Crippen molar-refractivity contribution in [3.63, 3.8) is 0 Å². The molecule has 1 unspecified atom stereocenters. The Morgan fingerprint density at radius 1 is 1.37 bits per heavy atom. The van der Waals surface area contributed by atoms with E-state index in [4.69, 9.17) is 4.74 Å². The Morgan fingerprint density at radius 3 is 2.68 bits per heavy atom. The van der Waals surface area contributed by atoms with Crippen LogP contribution in [0.4, 0.5) is 0 Å². The molecule has 0 heterocycles. The monoisotopic (exact) mass is 261 g/mol. The third kappa shape index (κ3) is 3.56. The van der Waals surface area contributed by atoms with E-state index >= 15 is 0 Å². The summed E-state index contributed by atoms with van der Waals surface area (Å²) in [7, 11) is 0. The summed E-state index contributed by atoms with van der Waals surface area (Å²) >= 11 is 0. The molecule has 1 aliphatic rings. The first kappa shape index (κ1) is 13.6. The van der Waals surface area contributed by atoms with Crippen molar-refractivity contribution in [3.05, 3.63) is 29.8 Å². The van der Waals surface area contributed by atoms with E-state index < -0.39 is 0 Å². The standard InChI is InChI=1S/C15H19NO3/c1-2-10-19-12-8-6-11(7-9-12)15(18)16-13-4-3-5-14(13)17/h6-9,13H,2-5,10H2,1H3,(H,16,18). The van der Waals surface area contributed by atoms with Gasteiger partial charge in [0.15, 0.2) is 5.78 Å². The summed E-state index contributed by atoms with van der Waals surface area (Å²) in [6, 6.07) is 6.70. The third-order valence-electron chi connectivity index (χ3n) is 3.20. The summed E-state index contributed by atoms with van der Waals surface area (Å²) in [4.78, 5) is 23.4. The average molecular weight is 261 g/mol. The zero-order valence-electron chi connectivity index (χ0n) is 11.1. The molecule has 1 aromatic rings. The molecule has 0 saturated heterocycles. The quantitative estimate of drug-likeness (QED) is 0.885. The zero-order chi connectivity index (χ0) is 13.7. The highest BCUT2D eigenvalue weighted by molar-refractivity contribution is 5.98. The maximum atomic E-state index is 12.0. The maximum absolute atomic E-state index is 12.0. The Morgan fingerprint density at radius 2 is 2.11 bits per heavy atom. The second-order valence-corrected chi connectivity index (χ2v) is 4.76. The van der Waals surface area contributed by atoms with E-state index in [1.165, 1.54) is 0 Å². The van der Waals surface area contributed by atoms with E-state index in [-0.39, 0.29) is 17.7 Å². The molecular weight excluding hydrogens is 242 g/mol. The molecule has 1 atom stereocenters. The molecule has 0 aromatic heterocycles. The molecule has 102 valence electrons. The lowest BCUT2D eigenvalue weighted by Gasteiger charge is -2.11. The molecule has 19 heavy (non-hydrogen) atoms. The number of nitrogens with one attached hydrogen (secondary N) is 1. The van der Waals surface area contributed by atoms with Crippen molar-refractivity contribution in [1.29, 1.82) is 0 Å². The third-order valence-corrected chi connectivity index (χ3v) is 3.20. The molecule has 0 spiro atoms. The van der Waals surface area contributed by atoms with Gasteiger partial charge >= 0.3 is 0 Å². The van der Waals surface area contributed by atoms with Crippen molar-refractivity contribution in [2.75, 3.05) is 6.61 Å². The molecule has 4 nitrogen and oxygen atoms in total. The lowest BCUT2D eigenvalue weighted by Crippen LogP contribution is -2.37. The van der Waals surface area contributed by atoms with Crippen molar-refractivity contribution in [2.24, 2.45) is 0 Å². The fourth-order valence-electron chi connectivity index (χ4n) is 2.13. The number of carbonyl (C=O) groups excluding carboxylic acids is 2. The number of ketones is 1. The topological polar surface area (TPSA) is 55.4 Å². The van der Waals surface area contributed by atoms with E-state index in [2.05, 4.69) is 5.32 Å². The predicted molar refractivity (Wildman–Crippen MR) is 72.3 cm³/mol. The van der Waals surface area contributed by atoms with E-state index in [9.17, 15) is 9.59 Å². The van der Waals surface area contributed by atoms with Gasteiger partial charge in [-0.05, 0) is 43.5 Å². The van der Waals surface area contributed by atoms with Gasteiger partial charge in [-0.25, -0.2) is 0 Å². The number of Topliss-reactive ketones (excluding diaryl/α,β-unsaturated/α-hetero) is 1. The van der Waals surface area contributed by atoms with Gasteiger partial charge in [0, 0.05) is 12.0 Å². The minimum Gasteiger partial charge on any atom is -0.494 e. The molecule has 0 bridgehead atoms. The van der Waals surface area contributed by atoms with Crippen LogP contribution in [0.3, 0.4) is 0 Å². The minimum atomic E-state index is -0.302. The summed E-state index contributed by atoms with van der Waals surface area (Å²) in [6.07, 6.45) is 3.15. The van der Waals surface area contributed by atoms with Crippen LogP contribution in [0.1, 0.15) is 43.0 Å². The number of ether oxygens (including phenoxy) is 1. The van der Waals surface area contributed by atoms with Crippen LogP contribution in [0, 0.1) is 0 Å². The largest absolute Gasteiger partial charge is 0.494 e. The van der Waals surface area contributed by atoms with Crippen molar-refractivity contribution in [2.45, 2.75) is 38.6 Å². The molecule has 0 radical (unpaired) electrons. The number of benzene rings is 1. The van der Waals surface area contributed by atoms with Gasteiger partial charge in [0.05, 0.1) is 12.6 Å². The van der Waals surface area contributed by atoms with Crippen LogP contribution in [0.25, 0.3) is 0 Å². The smallest absolute Gasteiger partial charge is 0.251 e. The van der Waals surface area contributed by atoms with Crippen LogP contribution in [0.5, 0.6) is 5.75 Å². The average Bonchev–Trinajstić information content (AvgIpc) is 2.82. The zero-order valence-corrected chi connectivity index (χ0v) is 11.1. The van der Waals surface area contributed by atoms with E-state index in [0.717, 1.165) is 25.0 Å². The lowest BCUT2D eigenvalue weighted by molar-refractivity contribution is -0.118. The van der Waals surface area contributed by atoms with Gasteiger partial charge in [-0.1, -0.05) is 6.92 Å². The molecule has 2 rings (SSSR count). The van der Waals surface area contributed by atoms with Gasteiger partial charge in [0.2, 0.25) is 0 Å². The molecule has 1 amide bonds. The van der Waals surface area contributed by atoms with Gasteiger partial charge in [0.1, 0.15) is 5.75 Å². The van der Waals surface area contributed by atoms with Gasteiger partial charge < -0.3 is 10.1 Å². The molecule has 4 heteroatoms. The van der Waals surface area contributed by atoms with E-state index in [1.54, 1.807) is 24.3 Å². The highest BCUT2D eigenvalue weighted by Gasteiger charge is 2.25. The molecule has 0 aliphatic heterocycles. The molecule has 1 aromatic carbocycles. The second kappa shape index (κ2) is 6.36. The second-order valence-electron chi connectivity index (χ2n) is 4.76. The van der Waals surface area contributed by atoms with Gasteiger partial charge in [-0.2, -0.15) is 0 Å². The number of hydrogen-bond acceptors (Lipinski definition) is 3. The van der Waals surface area contributed by atoms with Crippen LogP contribution in [0.15, 0.2) is 24.3 Å². The molecule has 1 N–H and O–H groups in total. The Balaban J connectivity index is 1.93. The van der Waals surface area contributed by atoms with Crippen LogP contribution in [-0.4, -0.2) is 24.3 Å². The van der Waals surface area contributed by atoms with Crippen molar-refractivity contribution >= 4 is 11.7 Å². The van der Waals surface area contributed by atoms with E-state index in [0.29, 0.717) is 18.6 Å². The van der Waals surface area contributed by atoms with Gasteiger partial charge in [0.25, 0.3) is 5.91 Å². The van der Waals surface area contributed by atoms with Crippen molar-refractivity contribution < 1.29 is 14.3 Å². The number of hydrogen-bond donors (Lipinski definition) is 1. The summed E-state index contributed by atoms with van der Waals surface area (Å²) in [5, 5.41) is 2.78. The Kier molecular flexibility index (Phi) is 4.55. The molecule has 1 aliphatic carbocycles. The van der Waals surface area contributed by atoms with Crippen LogP contribution < -0.4 is 10.1 Å². The highest BCUT2D eigenvalue weighted by Crippen LogP contribution is 2.16. The van der Waals surface area contributed by atoms with Crippen molar-refractivity contribution in [3.8, 4) is 5.75 Å². The lowest BCUT2D eigenvalue weighted by atomic mass is 10.1. The predicted octanol–water partition coefficient (Wildman–Crippen LogP) is 2.33. The number of amides is 1. The fourth-order valence-corrected chi connectivity index (χ4v) is 2.13. The first-order valence-corrected chi connectivity index (χ1v) is 6.77.